The van der Waals surface area contributed by atoms with Gasteiger partial charge in [-0.25, -0.2) is 4.98 Å². The summed E-state index contributed by atoms with van der Waals surface area (Å²) in [5, 5.41) is 3.37. The second-order valence-electron chi connectivity index (χ2n) is 2.30. The van der Waals surface area contributed by atoms with E-state index in [1.807, 2.05) is 0 Å². The highest BCUT2D eigenvalue weighted by atomic mass is 35.5. The van der Waals surface area contributed by atoms with Crippen LogP contribution >= 0.6 is 11.6 Å². The molecule has 1 atom stereocenters. The molecule has 0 spiro atoms. The Morgan fingerprint density at radius 2 is 2.50 bits per heavy atom. The molecule has 66 valence electrons. The molecule has 3 N–H and O–H groups in total. The number of aromatic nitrogens is 1. The van der Waals surface area contributed by atoms with Crippen LogP contribution < -0.4 is 11.1 Å². The molecular weight excluding hydrogens is 174 g/mol. The van der Waals surface area contributed by atoms with Gasteiger partial charge in [-0.15, -0.1) is 0 Å². The number of rotatable bonds is 4. The Morgan fingerprint density at radius 3 is 3.08 bits per heavy atom. The Balaban J connectivity index is 2.55. The molecule has 0 saturated heterocycles. The molecule has 0 amide bonds. The summed E-state index contributed by atoms with van der Waals surface area (Å²) < 4.78 is 7.64. The van der Waals surface area contributed by atoms with Crippen LogP contribution in [0.15, 0.2) is 18.3 Å². The highest BCUT2D eigenvalue weighted by molar-refractivity contribution is 6.29. The number of halogens is 1. The molecule has 0 radical (unpaired) electrons. The first-order valence-electron chi connectivity index (χ1n) is 4.29. The van der Waals surface area contributed by atoms with E-state index in [9.17, 15) is 0 Å². The van der Waals surface area contributed by atoms with Crippen LogP contribution in [-0.2, 0) is 6.52 Å². The van der Waals surface area contributed by atoms with Gasteiger partial charge in [-0.3, -0.25) is 0 Å². The molecule has 12 heavy (non-hydrogen) atoms. The van der Waals surface area contributed by atoms with Crippen molar-refractivity contribution >= 4 is 11.6 Å². The number of hydrogen-bond acceptors (Lipinski definition) is 3. The van der Waals surface area contributed by atoms with E-state index in [0.717, 1.165) is 5.56 Å². The second-order valence-corrected chi connectivity index (χ2v) is 2.69. The third-order valence-corrected chi connectivity index (χ3v) is 1.53. The molecule has 1 heterocycles. The fourth-order valence-corrected chi connectivity index (χ4v) is 0.858. The molecule has 1 rings (SSSR count). The minimum Gasteiger partial charge on any atom is -0.329 e. The summed E-state index contributed by atoms with van der Waals surface area (Å²) in [6, 6.07) is 3.44. The zero-order chi connectivity index (χ0) is 9.68. The summed E-state index contributed by atoms with van der Waals surface area (Å²) in [6.45, 7) is 0.668. The zero-order valence-corrected chi connectivity index (χ0v) is 7.38. The first kappa shape index (κ1) is 7.98. The fraction of sp³-hybridized carbons (Fsp3) is 0.375. The molecule has 0 fully saturated rings. The average molecular weight is 188 g/mol. The van der Waals surface area contributed by atoms with Gasteiger partial charge in [-0.2, -0.15) is 0 Å². The molecule has 0 aromatic carbocycles. The molecule has 1 aromatic rings. The first-order valence-corrected chi connectivity index (χ1v) is 4.09. The van der Waals surface area contributed by atoms with Crippen molar-refractivity contribution in [1.29, 1.82) is 0 Å². The summed E-state index contributed by atoms with van der Waals surface area (Å²) >= 11 is 5.61. The van der Waals surface area contributed by atoms with Gasteiger partial charge >= 0.3 is 0 Å². The van der Waals surface area contributed by atoms with Gasteiger partial charge in [0.1, 0.15) is 5.15 Å². The third-order valence-electron chi connectivity index (χ3n) is 1.31. The molecule has 0 aliphatic carbocycles. The van der Waals surface area contributed by atoms with Gasteiger partial charge < -0.3 is 11.1 Å². The van der Waals surface area contributed by atoms with E-state index < -0.39 is 6.52 Å². The van der Waals surface area contributed by atoms with Crippen molar-refractivity contribution in [3.05, 3.63) is 29.0 Å². The van der Waals surface area contributed by atoms with Crippen molar-refractivity contribution < 1.29 is 1.37 Å². The van der Waals surface area contributed by atoms with E-state index in [0.29, 0.717) is 18.2 Å². The van der Waals surface area contributed by atoms with Crippen molar-refractivity contribution in [2.75, 3.05) is 13.1 Å². The number of nitrogens with zero attached hydrogens (tertiary/aromatic N) is 1. The van der Waals surface area contributed by atoms with Crippen molar-refractivity contribution in [3.8, 4) is 0 Å². The lowest BCUT2D eigenvalue weighted by atomic mass is 10.3. The van der Waals surface area contributed by atoms with Crippen LogP contribution in [0.5, 0.6) is 0 Å². The Hall–Kier alpha value is -0.640. The van der Waals surface area contributed by atoms with E-state index >= 15 is 0 Å². The lowest BCUT2D eigenvalue weighted by Gasteiger charge is -2.01. The van der Waals surface area contributed by atoms with Crippen molar-refractivity contribution in [3.63, 3.8) is 0 Å². The fourth-order valence-electron chi connectivity index (χ4n) is 0.746. The van der Waals surface area contributed by atoms with E-state index in [1.54, 1.807) is 18.3 Å². The predicted molar refractivity (Wildman–Crippen MR) is 50.0 cm³/mol. The maximum atomic E-state index is 7.64. The molecule has 0 aliphatic rings. The highest BCUT2D eigenvalue weighted by Crippen LogP contribution is 2.04. The van der Waals surface area contributed by atoms with Gasteiger partial charge in [-0.1, -0.05) is 17.7 Å². The summed E-state index contributed by atoms with van der Waals surface area (Å²) in [4.78, 5) is 3.88. The Morgan fingerprint density at radius 1 is 1.67 bits per heavy atom. The van der Waals surface area contributed by atoms with Gasteiger partial charge in [0.05, 0.1) is 0 Å². The molecule has 4 heteroatoms. The number of nitrogens with one attached hydrogen (secondary N) is 1. The van der Waals surface area contributed by atoms with E-state index in [4.69, 9.17) is 18.7 Å². The summed E-state index contributed by atoms with van der Waals surface area (Å²) in [5.41, 5.74) is 6.09. The summed E-state index contributed by atoms with van der Waals surface area (Å²) in [7, 11) is 0. The maximum Gasteiger partial charge on any atom is 0.129 e. The molecule has 1 aromatic heterocycles. The highest BCUT2D eigenvalue weighted by Gasteiger charge is 1.92. The van der Waals surface area contributed by atoms with E-state index in [-0.39, 0.29) is 0 Å². The van der Waals surface area contributed by atoms with Crippen LogP contribution in [0.25, 0.3) is 0 Å². The van der Waals surface area contributed by atoms with Gasteiger partial charge in [0.2, 0.25) is 0 Å². The summed E-state index contributed by atoms with van der Waals surface area (Å²) in [5.74, 6) is 0. The van der Waals surface area contributed by atoms with Gasteiger partial charge in [-0.05, 0) is 11.6 Å². The molecule has 0 saturated carbocycles. The summed E-state index contributed by atoms with van der Waals surface area (Å²) in [6.07, 6.45) is 1.59. The standard InChI is InChI=1S/C8H12ClN3/c9-8-2-1-7(6-12-8)5-11-4-3-10/h1-2,6,11H,3-5,10H2/i5T. The second kappa shape index (κ2) is 5.09. The monoisotopic (exact) mass is 187 g/mol. The topological polar surface area (TPSA) is 50.9 Å². The number of pyridine rings is 1. The first-order chi connectivity index (χ1) is 6.24. The molecular formula is C8H12ClN3. The molecule has 0 bridgehead atoms. The number of hydrogen-bond donors (Lipinski definition) is 2. The zero-order valence-electron chi connectivity index (χ0n) is 7.63. The SMILES string of the molecule is [3H]C(NCCN)c1ccc(Cl)nc1. The van der Waals surface area contributed by atoms with Crippen LogP contribution in [0.3, 0.4) is 0 Å². The van der Waals surface area contributed by atoms with Crippen LogP contribution in [-0.4, -0.2) is 18.1 Å². The molecule has 3 nitrogen and oxygen atoms in total. The minimum atomic E-state index is -0.478. The van der Waals surface area contributed by atoms with Gasteiger partial charge in [0.25, 0.3) is 0 Å². The van der Waals surface area contributed by atoms with E-state index in [1.165, 1.54) is 0 Å². The average Bonchev–Trinajstić information content (AvgIpc) is 2.15. The van der Waals surface area contributed by atoms with Gasteiger partial charge in [0.15, 0.2) is 0 Å². The van der Waals surface area contributed by atoms with Gasteiger partial charge in [0, 0.05) is 27.2 Å². The number of nitrogens with two attached hydrogens (primary N) is 1. The van der Waals surface area contributed by atoms with Crippen molar-refractivity contribution in [2.24, 2.45) is 5.73 Å². The quantitative estimate of drug-likeness (QED) is 0.686. The van der Waals surface area contributed by atoms with Crippen LogP contribution in [0.2, 0.25) is 5.15 Å². The maximum absolute atomic E-state index is 7.64. The van der Waals surface area contributed by atoms with Crippen LogP contribution in [0, 0.1) is 0 Å². The molecule has 0 aliphatic heterocycles. The lowest BCUT2D eigenvalue weighted by Crippen LogP contribution is -2.21. The minimum absolute atomic E-state index is 0.440. The smallest absolute Gasteiger partial charge is 0.129 e. The normalized spacial score (nSPS) is 14.0. The van der Waals surface area contributed by atoms with Crippen LogP contribution in [0.4, 0.5) is 0 Å². The predicted octanol–water partition coefficient (Wildman–Crippen LogP) is 0.783. The molecule has 1 unspecified atom stereocenters. The van der Waals surface area contributed by atoms with Crippen LogP contribution in [0.1, 0.15) is 6.93 Å². The Kier molecular flexibility index (Phi) is 3.38. The third kappa shape index (κ3) is 3.17. The lowest BCUT2D eigenvalue weighted by molar-refractivity contribution is 0.693. The Labute approximate surface area is 78.3 Å². The van der Waals surface area contributed by atoms with E-state index in [2.05, 4.69) is 10.3 Å². The van der Waals surface area contributed by atoms with Crippen molar-refractivity contribution in [2.45, 2.75) is 6.52 Å². The van der Waals surface area contributed by atoms with Crippen molar-refractivity contribution in [1.82, 2.24) is 10.3 Å². The largest absolute Gasteiger partial charge is 0.329 e. The Bertz CT molecular complexity index is 252.